The molecule has 23 nitrogen and oxygen atoms in total. The van der Waals surface area contributed by atoms with E-state index < -0.39 is 100 Å². The number of alkyl halides is 5. The number of hydrogen-bond donors (Lipinski definition) is 0. The van der Waals surface area contributed by atoms with Crippen molar-refractivity contribution in [2.75, 3.05) is 13.1 Å². The van der Waals surface area contributed by atoms with Crippen LogP contribution in [-0.4, -0.2) is 100 Å². The summed E-state index contributed by atoms with van der Waals surface area (Å²) in [6.07, 6.45) is -16.9. The number of hydrogen-bond acceptors (Lipinski definition) is 16. The second-order valence-corrected chi connectivity index (χ2v) is 6.53. The van der Waals surface area contributed by atoms with Crippen molar-refractivity contribution in [2.45, 2.75) is 30.6 Å². The van der Waals surface area contributed by atoms with Crippen LogP contribution in [0.1, 0.15) is 0 Å². The van der Waals surface area contributed by atoms with Gasteiger partial charge in [0.25, 0.3) is 0 Å². The molecular weight excluding hydrogens is 570 g/mol. The lowest BCUT2D eigenvalue weighted by molar-refractivity contribution is -0.839. The van der Waals surface area contributed by atoms with E-state index in [1.165, 1.54) is 0 Å². The Morgan fingerprint density at radius 3 is 1.42 bits per heavy atom. The summed E-state index contributed by atoms with van der Waals surface area (Å²) in [6, 6.07) is 0. The van der Waals surface area contributed by atoms with E-state index in [1.807, 2.05) is 0 Å². The van der Waals surface area contributed by atoms with Crippen molar-refractivity contribution in [2.24, 2.45) is 4.99 Å². The molecule has 1 heterocycles. The largest absolute Gasteiger partial charge is 0.626 e. The van der Waals surface area contributed by atoms with Crippen molar-refractivity contribution in [3.8, 4) is 0 Å². The van der Waals surface area contributed by atoms with Crippen LogP contribution < -0.4 is 0 Å². The molecule has 1 rings (SSSR count). The molecule has 0 aromatic carbocycles. The highest BCUT2D eigenvalue weighted by Gasteiger charge is 2.69. The summed E-state index contributed by atoms with van der Waals surface area (Å²) in [7, 11) is 0. The minimum atomic E-state index is -6.26. The lowest BCUT2D eigenvalue weighted by Gasteiger charge is -2.33. The normalized spacial score (nSPS) is 16.9. The van der Waals surface area contributed by atoms with Crippen molar-refractivity contribution in [1.29, 1.82) is 0 Å². The number of nitro groups is 6. The Hall–Kier alpha value is -4.96. The maximum absolute atomic E-state index is 14.5. The number of amidine groups is 1. The molecule has 0 saturated heterocycles. The van der Waals surface area contributed by atoms with Crippen molar-refractivity contribution in [3.63, 3.8) is 0 Å². The molecule has 0 radical (unpaired) electrons. The van der Waals surface area contributed by atoms with E-state index in [4.69, 9.17) is 0 Å². The summed E-state index contributed by atoms with van der Waals surface area (Å²) in [6.45, 7) is -5.73. The second-order valence-electron chi connectivity index (χ2n) is 6.53. The number of amides is 1. The van der Waals surface area contributed by atoms with Crippen LogP contribution in [0, 0.1) is 60.7 Å². The fourth-order valence-electron chi connectivity index (χ4n) is 2.56. The number of aliphatic imine (C=N–C) groups is 1. The molecule has 0 spiro atoms. The van der Waals surface area contributed by atoms with Crippen LogP contribution in [0.4, 0.5) is 26.3 Å². The lowest BCUT2D eigenvalue weighted by Crippen LogP contribution is -2.67. The molecule has 0 aromatic heterocycles. The van der Waals surface area contributed by atoms with Crippen LogP contribution >= 0.6 is 0 Å². The molecule has 0 aliphatic carbocycles. The van der Waals surface area contributed by atoms with Crippen molar-refractivity contribution in [3.05, 3.63) is 60.7 Å². The smallest absolute Gasteiger partial charge is 0.262 e. The first-order valence-corrected chi connectivity index (χ1v) is 8.43. The molecule has 1 amide bonds. The van der Waals surface area contributed by atoms with Gasteiger partial charge in [-0.3, -0.25) is 65.5 Å². The quantitative estimate of drug-likeness (QED) is 0.0858. The average Bonchev–Trinajstić information content (AvgIpc) is 3.06. The van der Waals surface area contributed by atoms with Gasteiger partial charge in [0.2, 0.25) is 0 Å². The molecule has 38 heavy (non-hydrogen) atoms. The number of rotatable bonds is 12. The van der Waals surface area contributed by atoms with E-state index in [0.717, 1.165) is 0 Å². The average molecular weight is 576 g/mol. The summed E-state index contributed by atoms with van der Waals surface area (Å²) in [5.41, 5.74) is 0. The van der Waals surface area contributed by atoms with E-state index in [1.54, 1.807) is 0 Å². The molecule has 1 unspecified atom stereocenters. The zero-order valence-corrected chi connectivity index (χ0v) is 17.1. The van der Waals surface area contributed by atoms with Crippen LogP contribution in [0.15, 0.2) is 4.99 Å². The minimum Gasteiger partial charge on any atom is -0.262 e. The summed E-state index contributed by atoms with van der Waals surface area (Å²) in [5, 5.41) is 62.9. The summed E-state index contributed by atoms with van der Waals surface area (Å²) in [5.74, 6) is -14.1. The highest BCUT2D eigenvalue weighted by molar-refractivity contribution is 5.96. The molecule has 0 fully saturated rings. The first-order valence-electron chi connectivity index (χ1n) is 8.43. The molecule has 1 aliphatic rings. The molecule has 1 atom stereocenters. The predicted molar refractivity (Wildman–Crippen MR) is 92.1 cm³/mol. The fourth-order valence-corrected chi connectivity index (χ4v) is 2.56. The predicted octanol–water partition coefficient (Wildman–Crippen LogP) is -1.29. The lowest BCUT2D eigenvalue weighted by atomic mass is 10.3. The molecule has 1 aliphatic heterocycles. The number of carbonyl (C=O) groups excluding carboxylic acids is 1. The van der Waals surface area contributed by atoms with Gasteiger partial charge >= 0.3 is 36.3 Å². The van der Waals surface area contributed by atoms with Gasteiger partial charge in [0, 0.05) is 0 Å². The van der Waals surface area contributed by atoms with E-state index in [0.29, 0.717) is 0 Å². The Morgan fingerprint density at radius 1 is 0.816 bits per heavy atom. The van der Waals surface area contributed by atoms with Gasteiger partial charge in [0.05, 0.1) is 0 Å². The Bertz CT molecular complexity index is 1030. The van der Waals surface area contributed by atoms with Gasteiger partial charge in [-0.15, -0.1) is 0 Å². The molecule has 0 N–H and O–H groups in total. The Balaban J connectivity index is 4.01. The van der Waals surface area contributed by atoms with Crippen LogP contribution in [0.2, 0.25) is 0 Å². The maximum Gasteiger partial charge on any atom is 0.626 e. The van der Waals surface area contributed by atoms with E-state index in [9.17, 15) is 91.8 Å². The van der Waals surface area contributed by atoms with Crippen molar-refractivity contribution >= 4 is 12.0 Å². The Kier molecular flexibility index (Phi) is 8.33. The second kappa shape index (κ2) is 10.2. The van der Waals surface area contributed by atoms with Crippen LogP contribution in [0.25, 0.3) is 0 Å². The number of hydrazine groups is 1. The first-order chi connectivity index (χ1) is 17.0. The van der Waals surface area contributed by atoms with Gasteiger partial charge in [0.15, 0.2) is 19.4 Å². The number of halogens is 6. The topological polar surface area (TPSA) is 298 Å². The zero-order chi connectivity index (χ0) is 30.1. The van der Waals surface area contributed by atoms with Crippen LogP contribution in [0.5, 0.6) is 0 Å². The SMILES string of the molecule is O=C(N1C(F)=NC(N(CC(F)([N+](=O)[O-])[N+](=O)[O-])CC(F)([N+](=O)[O-])[N+](=O)[O-])N1C([N+](=O)[O-])[N+](=O)[O-])C(F)(F)F. The van der Waals surface area contributed by atoms with Gasteiger partial charge in [-0.05, 0) is 5.01 Å². The zero-order valence-electron chi connectivity index (χ0n) is 17.1. The van der Waals surface area contributed by atoms with E-state index in [-0.39, 0.29) is 0 Å². The molecule has 29 heteroatoms. The van der Waals surface area contributed by atoms with Crippen LogP contribution in [0.3, 0.4) is 0 Å². The standard InChI is InChI=1S/C9H6F6N10O13/c10-4-16-5(19(6(20(27)28)21(29)30)18(4)3(26)9(13,14)15)17(1-7(11,22(31)32)23(33)34)2-8(12,24(35)36)25(37)38/h5-6H,1-2H2. The van der Waals surface area contributed by atoms with Crippen molar-refractivity contribution < 1.29 is 60.7 Å². The van der Waals surface area contributed by atoms with E-state index in [2.05, 4.69) is 4.99 Å². The summed E-state index contributed by atoms with van der Waals surface area (Å²) >= 11 is 0. The number of carbonyl (C=O) groups is 1. The fraction of sp³-hybridized carbons (Fsp3) is 0.778. The Labute approximate surface area is 198 Å². The third-order valence-corrected chi connectivity index (χ3v) is 4.17. The monoisotopic (exact) mass is 576 g/mol. The van der Waals surface area contributed by atoms with Gasteiger partial charge in [0.1, 0.15) is 29.5 Å². The molecular formula is C9H6F6N10O13. The summed E-state index contributed by atoms with van der Waals surface area (Å²) < 4.78 is 82.2. The van der Waals surface area contributed by atoms with Gasteiger partial charge in [-0.2, -0.15) is 22.6 Å². The molecule has 0 bridgehead atoms. The van der Waals surface area contributed by atoms with Gasteiger partial charge in [-0.1, -0.05) is 8.78 Å². The van der Waals surface area contributed by atoms with Crippen molar-refractivity contribution in [1.82, 2.24) is 14.9 Å². The van der Waals surface area contributed by atoms with Gasteiger partial charge < -0.3 is 0 Å². The maximum atomic E-state index is 14.5. The number of nitrogens with zero attached hydrogens (tertiary/aromatic N) is 10. The third-order valence-electron chi connectivity index (χ3n) is 4.17. The molecule has 212 valence electrons. The van der Waals surface area contributed by atoms with Crippen LogP contribution in [-0.2, 0) is 4.79 Å². The third kappa shape index (κ3) is 5.55. The Morgan fingerprint density at radius 2 is 1.16 bits per heavy atom. The summed E-state index contributed by atoms with van der Waals surface area (Å²) in [4.78, 5) is 64.4. The highest BCUT2D eigenvalue weighted by atomic mass is 19.4. The molecule has 0 aromatic rings. The van der Waals surface area contributed by atoms with E-state index >= 15 is 0 Å². The first kappa shape index (κ1) is 31.1. The minimum absolute atomic E-state index is 1.08. The molecule has 0 saturated carbocycles. The highest BCUT2D eigenvalue weighted by Crippen LogP contribution is 2.32. The van der Waals surface area contributed by atoms with Gasteiger partial charge in [-0.25, -0.2) is 9.89 Å².